The maximum absolute atomic E-state index is 12.6. The highest BCUT2D eigenvalue weighted by molar-refractivity contribution is 5.85. The molecular weight excluding hydrogens is 337 g/mol. The molecule has 3 N–H and O–H groups in total. The lowest BCUT2D eigenvalue weighted by Gasteiger charge is -2.40. The van der Waals surface area contributed by atoms with Crippen molar-refractivity contribution in [2.24, 2.45) is 16.1 Å². The number of nitrogens with one attached hydrogen (secondary N) is 1. The second-order valence-corrected chi connectivity index (χ2v) is 7.41. The number of halogens is 1. The van der Waals surface area contributed by atoms with Gasteiger partial charge < -0.3 is 20.7 Å². The van der Waals surface area contributed by atoms with Gasteiger partial charge in [-0.3, -0.25) is 9.69 Å². The number of hydrogen-bond donors (Lipinski definition) is 2. The number of nitrogens with two attached hydrogens (primary N) is 1. The lowest BCUT2D eigenvalue weighted by Crippen LogP contribution is -2.51. The number of amides is 1. The number of carbonyl (C=O) groups is 1. The standard InChI is InChI=1S/C18H28FN5O2/c1-13-7-18(16(25)23(13)2)3-5-24(6-4-18)17-21-10-15(11-22-17)26-12-14(8-19)9-20/h8,10-11,13,17,21H,3-7,9,12,20H2,1-2H3/b14-8+. The highest BCUT2D eigenvalue weighted by Gasteiger charge is 2.50. The number of piperidine rings is 1. The van der Waals surface area contributed by atoms with Crippen LogP contribution >= 0.6 is 0 Å². The number of allylic oxidation sites excluding steroid dienone is 1. The summed E-state index contributed by atoms with van der Waals surface area (Å²) in [6.07, 6.45) is 6.38. The first kappa shape index (κ1) is 18.8. The van der Waals surface area contributed by atoms with Gasteiger partial charge >= 0.3 is 0 Å². The molecule has 26 heavy (non-hydrogen) atoms. The second-order valence-electron chi connectivity index (χ2n) is 7.41. The summed E-state index contributed by atoms with van der Waals surface area (Å²) >= 11 is 0. The fraction of sp³-hybridized carbons (Fsp3) is 0.667. The van der Waals surface area contributed by atoms with Crippen molar-refractivity contribution in [3.8, 4) is 0 Å². The average Bonchev–Trinajstić information content (AvgIpc) is 2.87. The number of likely N-dealkylation sites (tertiary alicyclic amines) is 2. The summed E-state index contributed by atoms with van der Waals surface area (Å²) in [5, 5.41) is 3.21. The molecule has 0 aliphatic carbocycles. The minimum atomic E-state index is -0.190. The predicted molar refractivity (Wildman–Crippen MR) is 97.8 cm³/mol. The quantitative estimate of drug-likeness (QED) is 0.758. The molecule has 3 rings (SSSR count). The van der Waals surface area contributed by atoms with E-state index in [0.29, 0.717) is 23.7 Å². The van der Waals surface area contributed by atoms with Crippen LogP contribution in [0.5, 0.6) is 0 Å². The van der Waals surface area contributed by atoms with Crippen molar-refractivity contribution < 1.29 is 13.9 Å². The molecule has 2 saturated heterocycles. The number of rotatable bonds is 5. The van der Waals surface area contributed by atoms with E-state index >= 15 is 0 Å². The van der Waals surface area contributed by atoms with Crippen molar-refractivity contribution >= 4 is 12.1 Å². The molecule has 2 fully saturated rings. The van der Waals surface area contributed by atoms with Gasteiger partial charge in [-0.05, 0) is 26.2 Å². The summed E-state index contributed by atoms with van der Waals surface area (Å²) in [5.74, 6) is 0.834. The Morgan fingerprint density at radius 3 is 2.77 bits per heavy atom. The zero-order valence-electron chi connectivity index (χ0n) is 15.4. The van der Waals surface area contributed by atoms with E-state index in [0.717, 1.165) is 32.4 Å². The van der Waals surface area contributed by atoms with Crippen LogP contribution in [0.4, 0.5) is 4.39 Å². The van der Waals surface area contributed by atoms with Crippen LogP contribution in [0.15, 0.2) is 28.9 Å². The molecule has 1 spiro atoms. The van der Waals surface area contributed by atoms with Gasteiger partial charge in [0.2, 0.25) is 5.91 Å². The molecule has 7 nitrogen and oxygen atoms in total. The Balaban J connectivity index is 1.50. The van der Waals surface area contributed by atoms with E-state index in [2.05, 4.69) is 22.1 Å². The van der Waals surface area contributed by atoms with Crippen molar-refractivity contribution in [3.63, 3.8) is 0 Å². The highest BCUT2D eigenvalue weighted by Crippen LogP contribution is 2.44. The normalized spacial score (nSPS) is 29.1. The maximum atomic E-state index is 12.6. The van der Waals surface area contributed by atoms with Gasteiger partial charge in [0, 0.05) is 44.5 Å². The van der Waals surface area contributed by atoms with Gasteiger partial charge in [-0.1, -0.05) is 0 Å². The van der Waals surface area contributed by atoms with Gasteiger partial charge in [0.15, 0.2) is 12.0 Å². The smallest absolute Gasteiger partial charge is 0.228 e. The summed E-state index contributed by atoms with van der Waals surface area (Å²) < 4.78 is 18.0. The summed E-state index contributed by atoms with van der Waals surface area (Å²) in [4.78, 5) is 21.2. The molecule has 3 aliphatic rings. The van der Waals surface area contributed by atoms with E-state index in [9.17, 15) is 9.18 Å². The van der Waals surface area contributed by atoms with E-state index in [1.165, 1.54) is 0 Å². The molecule has 0 saturated carbocycles. The third-order valence-electron chi connectivity index (χ3n) is 5.78. The summed E-state index contributed by atoms with van der Waals surface area (Å²) in [6.45, 7) is 4.00. The number of carbonyl (C=O) groups excluding carboxylic acids is 1. The topological polar surface area (TPSA) is 83.2 Å². The second kappa shape index (κ2) is 7.75. The van der Waals surface area contributed by atoms with Gasteiger partial charge in [-0.25, -0.2) is 9.38 Å². The predicted octanol–water partition coefficient (Wildman–Crippen LogP) is 0.947. The SMILES string of the molecule is CC1CC2(CCN(C3N=CC(OC/C(=C/F)CN)=CN3)CC2)C(=O)N1C. The Morgan fingerprint density at radius 2 is 2.27 bits per heavy atom. The Bertz CT molecular complexity index is 625. The largest absolute Gasteiger partial charge is 0.486 e. The summed E-state index contributed by atoms with van der Waals surface area (Å²) in [6, 6.07) is 0.319. The summed E-state index contributed by atoms with van der Waals surface area (Å²) in [7, 11) is 1.90. The minimum Gasteiger partial charge on any atom is -0.486 e. The zero-order valence-corrected chi connectivity index (χ0v) is 15.4. The molecule has 3 heterocycles. The fourth-order valence-electron chi connectivity index (χ4n) is 3.95. The van der Waals surface area contributed by atoms with Gasteiger partial charge in [-0.2, -0.15) is 0 Å². The average molecular weight is 365 g/mol. The lowest BCUT2D eigenvalue weighted by molar-refractivity contribution is -0.138. The Hall–Kier alpha value is -1.93. The molecule has 2 atom stereocenters. The maximum Gasteiger partial charge on any atom is 0.228 e. The monoisotopic (exact) mass is 365 g/mol. The molecule has 0 aromatic heterocycles. The van der Waals surface area contributed by atoms with Crippen LogP contribution in [0.25, 0.3) is 0 Å². The Morgan fingerprint density at radius 1 is 1.54 bits per heavy atom. The van der Waals surface area contributed by atoms with E-state index in [1.54, 1.807) is 12.4 Å². The molecule has 2 unspecified atom stereocenters. The van der Waals surface area contributed by atoms with Crippen LogP contribution in [0.3, 0.4) is 0 Å². The van der Waals surface area contributed by atoms with Crippen molar-refractivity contribution in [2.75, 3.05) is 33.3 Å². The van der Waals surface area contributed by atoms with Crippen molar-refractivity contribution in [3.05, 3.63) is 23.9 Å². The van der Waals surface area contributed by atoms with Crippen LogP contribution < -0.4 is 11.1 Å². The van der Waals surface area contributed by atoms with Gasteiger partial charge in [-0.15, -0.1) is 0 Å². The van der Waals surface area contributed by atoms with Crippen LogP contribution in [-0.2, 0) is 9.53 Å². The third kappa shape index (κ3) is 3.61. The number of ether oxygens (including phenoxy) is 1. The zero-order chi connectivity index (χ0) is 18.7. The van der Waals surface area contributed by atoms with Crippen LogP contribution in [0.2, 0.25) is 0 Å². The van der Waals surface area contributed by atoms with Gasteiger partial charge in [0.05, 0.1) is 18.0 Å². The van der Waals surface area contributed by atoms with E-state index in [-0.39, 0.29) is 30.8 Å². The number of nitrogens with zero attached hydrogens (tertiary/aromatic N) is 3. The molecule has 1 amide bonds. The summed E-state index contributed by atoms with van der Waals surface area (Å²) in [5.41, 5.74) is 5.61. The molecule has 8 heteroatoms. The Kier molecular flexibility index (Phi) is 5.62. The van der Waals surface area contributed by atoms with E-state index < -0.39 is 0 Å². The number of aliphatic imine (C=N–C) groups is 1. The lowest BCUT2D eigenvalue weighted by atomic mass is 9.76. The first-order valence-electron chi connectivity index (χ1n) is 9.11. The molecule has 0 aromatic rings. The third-order valence-corrected chi connectivity index (χ3v) is 5.78. The first-order chi connectivity index (χ1) is 12.5. The first-order valence-corrected chi connectivity index (χ1v) is 9.11. The van der Waals surface area contributed by atoms with E-state index in [1.807, 2.05) is 11.9 Å². The Labute approximate surface area is 153 Å². The van der Waals surface area contributed by atoms with Gasteiger partial charge in [0.25, 0.3) is 0 Å². The van der Waals surface area contributed by atoms with Crippen LogP contribution in [0.1, 0.15) is 26.2 Å². The van der Waals surface area contributed by atoms with Gasteiger partial charge in [0.1, 0.15) is 6.61 Å². The van der Waals surface area contributed by atoms with Crippen molar-refractivity contribution in [2.45, 2.75) is 38.5 Å². The molecule has 0 aromatic carbocycles. The fourth-order valence-corrected chi connectivity index (χ4v) is 3.95. The molecule has 0 radical (unpaired) electrons. The van der Waals surface area contributed by atoms with Crippen LogP contribution in [-0.4, -0.2) is 67.5 Å². The molecular formula is C18H28FN5O2. The van der Waals surface area contributed by atoms with Crippen molar-refractivity contribution in [1.82, 2.24) is 15.1 Å². The number of hydrogen-bond acceptors (Lipinski definition) is 6. The van der Waals surface area contributed by atoms with Crippen LogP contribution in [0, 0.1) is 5.41 Å². The van der Waals surface area contributed by atoms with E-state index in [4.69, 9.17) is 10.5 Å². The van der Waals surface area contributed by atoms with Crippen molar-refractivity contribution in [1.29, 1.82) is 0 Å². The highest BCUT2D eigenvalue weighted by atomic mass is 19.1. The minimum absolute atomic E-state index is 0.108. The molecule has 3 aliphatic heterocycles. The molecule has 144 valence electrons. The molecule has 0 bridgehead atoms.